The molecular formula is C18H14IN3O5. The number of benzene rings is 2. The third-order valence-electron chi connectivity index (χ3n) is 3.68. The Morgan fingerprint density at radius 2 is 1.70 bits per heavy atom. The van der Waals surface area contributed by atoms with E-state index in [1.807, 2.05) is 12.1 Å². The molecule has 9 heteroatoms. The number of hydrogen-bond donors (Lipinski definition) is 2. The van der Waals surface area contributed by atoms with Gasteiger partial charge in [-0.05, 0) is 46.9 Å². The highest BCUT2D eigenvalue weighted by Crippen LogP contribution is 2.16. The van der Waals surface area contributed by atoms with E-state index in [2.05, 4.69) is 33.0 Å². The van der Waals surface area contributed by atoms with E-state index in [-0.39, 0.29) is 10.8 Å². The molecule has 3 aromatic rings. The third-order valence-corrected chi connectivity index (χ3v) is 4.62. The summed E-state index contributed by atoms with van der Waals surface area (Å²) in [4.78, 5) is 48.2. The first kappa shape index (κ1) is 18.8. The van der Waals surface area contributed by atoms with Gasteiger partial charge in [0.05, 0.1) is 16.5 Å². The van der Waals surface area contributed by atoms with Gasteiger partial charge in [0, 0.05) is 3.57 Å². The first-order valence-corrected chi connectivity index (χ1v) is 8.95. The second kappa shape index (κ2) is 8.16. The summed E-state index contributed by atoms with van der Waals surface area (Å²) in [5.41, 5.74) is -0.408. The van der Waals surface area contributed by atoms with Crippen LogP contribution in [0.25, 0.3) is 10.8 Å². The lowest BCUT2D eigenvalue weighted by Gasteiger charge is -2.09. The van der Waals surface area contributed by atoms with E-state index in [9.17, 15) is 19.2 Å². The van der Waals surface area contributed by atoms with Gasteiger partial charge >= 0.3 is 5.97 Å². The van der Waals surface area contributed by atoms with Crippen molar-refractivity contribution in [2.24, 2.45) is 0 Å². The van der Waals surface area contributed by atoms with Gasteiger partial charge in [0.1, 0.15) is 6.54 Å². The molecular weight excluding hydrogens is 465 g/mol. The molecule has 0 aliphatic rings. The number of hydrogen-bond acceptors (Lipinski definition) is 5. The van der Waals surface area contributed by atoms with Crippen molar-refractivity contribution >= 4 is 50.9 Å². The Morgan fingerprint density at radius 1 is 1.04 bits per heavy atom. The smallest absolute Gasteiger partial charge is 0.328 e. The molecule has 3 rings (SSSR count). The Morgan fingerprint density at radius 3 is 2.44 bits per heavy atom. The molecule has 0 aliphatic carbocycles. The summed E-state index contributed by atoms with van der Waals surface area (Å²) in [6.45, 7) is -1.01. The van der Waals surface area contributed by atoms with Gasteiger partial charge in [0.15, 0.2) is 6.61 Å². The molecule has 27 heavy (non-hydrogen) atoms. The highest BCUT2D eigenvalue weighted by atomic mass is 127. The molecule has 0 spiro atoms. The number of aromatic amines is 1. The first-order valence-electron chi connectivity index (χ1n) is 7.87. The van der Waals surface area contributed by atoms with E-state index in [0.29, 0.717) is 5.69 Å². The fourth-order valence-electron chi connectivity index (χ4n) is 2.43. The molecule has 0 radical (unpaired) electrons. The lowest BCUT2D eigenvalue weighted by atomic mass is 10.2. The van der Waals surface area contributed by atoms with Crippen molar-refractivity contribution in [1.29, 1.82) is 0 Å². The highest BCUT2D eigenvalue weighted by Gasteiger charge is 2.13. The van der Waals surface area contributed by atoms with Crippen LogP contribution in [0.4, 0.5) is 5.69 Å². The minimum absolute atomic E-state index is 0.199. The average molecular weight is 479 g/mol. The van der Waals surface area contributed by atoms with Gasteiger partial charge in [-0.1, -0.05) is 24.3 Å². The lowest BCUT2D eigenvalue weighted by Crippen LogP contribution is -2.33. The van der Waals surface area contributed by atoms with Crippen molar-refractivity contribution in [2.45, 2.75) is 6.54 Å². The van der Waals surface area contributed by atoms with Crippen molar-refractivity contribution in [2.75, 3.05) is 11.9 Å². The zero-order valence-electron chi connectivity index (χ0n) is 13.9. The largest absolute Gasteiger partial charge is 0.454 e. The topological polar surface area (TPSA) is 110 Å². The van der Waals surface area contributed by atoms with Gasteiger partial charge in [-0.3, -0.25) is 24.3 Å². The van der Waals surface area contributed by atoms with Crippen LogP contribution in [0.1, 0.15) is 0 Å². The standard InChI is InChI=1S/C18H14IN3O5/c19-13-7-3-4-8-14(13)20-15(23)10-27-16(24)9-22-18(26)12-6-2-1-5-11(12)17(25)21-22/h1-8H,9-10H2,(H,20,23)(H,21,25). The summed E-state index contributed by atoms with van der Waals surface area (Å²) in [7, 11) is 0. The number of anilines is 1. The van der Waals surface area contributed by atoms with Crippen LogP contribution in [-0.2, 0) is 20.9 Å². The van der Waals surface area contributed by atoms with Crippen molar-refractivity contribution in [1.82, 2.24) is 9.78 Å². The van der Waals surface area contributed by atoms with Gasteiger partial charge in [-0.2, -0.15) is 0 Å². The van der Waals surface area contributed by atoms with E-state index >= 15 is 0 Å². The molecule has 1 amide bonds. The average Bonchev–Trinajstić information content (AvgIpc) is 2.66. The van der Waals surface area contributed by atoms with Gasteiger partial charge in [-0.25, -0.2) is 4.68 Å². The Balaban J connectivity index is 1.65. The number of aromatic nitrogens is 2. The number of carbonyl (C=O) groups excluding carboxylic acids is 2. The normalized spacial score (nSPS) is 10.6. The third kappa shape index (κ3) is 4.42. The molecule has 0 atom stereocenters. The Labute approximate surface area is 166 Å². The van der Waals surface area contributed by atoms with Gasteiger partial charge in [-0.15, -0.1) is 0 Å². The molecule has 2 N–H and O–H groups in total. The maximum Gasteiger partial charge on any atom is 0.328 e. The summed E-state index contributed by atoms with van der Waals surface area (Å²) in [6, 6.07) is 13.4. The summed E-state index contributed by atoms with van der Waals surface area (Å²) in [5.74, 6) is -1.33. The van der Waals surface area contributed by atoms with Crippen molar-refractivity contribution in [3.05, 3.63) is 72.8 Å². The number of nitrogens with one attached hydrogen (secondary N) is 2. The zero-order chi connectivity index (χ0) is 19.4. The summed E-state index contributed by atoms with van der Waals surface area (Å²) >= 11 is 2.07. The molecule has 1 aromatic heterocycles. The number of esters is 1. The minimum Gasteiger partial charge on any atom is -0.454 e. The number of para-hydroxylation sites is 1. The fraction of sp³-hybridized carbons (Fsp3) is 0.111. The predicted octanol–water partition coefficient (Wildman–Crippen LogP) is 1.48. The van der Waals surface area contributed by atoms with Crippen LogP contribution in [0.2, 0.25) is 0 Å². The molecule has 0 bridgehead atoms. The first-order chi connectivity index (χ1) is 13.0. The maximum atomic E-state index is 12.3. The highest BCUT2D eigenvalue weighted by molar-refractivity contribution is 14.1. The molecule has 138 valence electrons. The minimum atomic E-state index is -0.819. The van der Waals surface area contributed by atoms with Crippen LogP contribution in [0.5, 0.6) is 0 Å². The molecule has 0 saturated heterocycles. The van der Waals surface area contributed by atoms with E-state index in [0.717, 1.165) is 8.25 Å². The van der Waals surface area contributed by atoms with E-state index in [1.54, 1.807) is 24.3 Å². The van der Waals surface area contributed by atoms with E-state index in [1.165, 1.54) is 12.1 Å². The van der Waals surface area contributed by atoms with Crippen LogP contribution in [0.15, 0.2) is 58.1 Å². The number of fused-ring (bicyclic) bond motifs is 1. The van der Waals surface area contributed by atoms with Gasteiger partial charge in [0.2, 0.25) is 0 Å². The SMILES string of the molecule is O=C(COC(=O)Cn1[nH]c(=O)c2ccccc2c1=O)Nc1ccccc1I. The number of halogens is 1. The van der Waals surface area contributed by atoms with Crippen LogP contribution >= 0.6 is 22.6 Å². The van der Waals surface area contributed by atoms with E-state index in [4.69, 9.17) is 4.74 Å². The number of H-pyrrole nitrogens is 1. The number of nitrogens with zero attached hydrogens (tertiary/aromatic N) is 1. The fourth-order valence-corrected chi connectivity index (χ4v) is 2.95. The van der Waals surface area contributed by atoms with Crippen LogP contribution < -0.4 is 16.4 Å². The Kier molecular flexibility index (Phi) is 5.69. The number of amides is 1. The van der Waals surface area contributed by atoms with E-state index < -0.39 is 36.1 Å². The molecule has 8 nitrogen and oxygen atoms in total. The van der Waals surface area contributed by atoms with Gasteiger partial charge in [0.25, 0.3) is 17.0 Å². The monoisotopic (exact) mass is 479 g/mol. The molecule has 0 saturated carbocycles. The maximum absolute atomic E-state index is 12.3. The number of rotatable bonds is 5. The second-order valence-corrected chi connectivity index (χ2v) is 6.73. The molecule has 1 heterocycles. The molecule has 2 aromatic carbocycles. The summed E-state index contributed by atoms with van der Waals surface area (Å²) in [6.07, 6.45) is 0. The lowest BCUT2D eigenvalue weighted by molar-refractivity contribution is -0.148. The van der Waals surface area contributed by atoms with Crippen molar-refractivity contribution in [3.63, 3.8) is 0 Å². The molecule has 0 unspecified atom stereocenters. The van der Waals surface area contributed by atoms with Crippen LogP contribution in [0, 0.1) is 3.57 Å². The summed E-state index contributed by atoms with van der Waals surface area (Å²) in [5, 5.41) is 5.39. The second-order valence-electron chi connectivity index (χ2n) is 5.57. The van der Waals surface area contributed by atoms with Gasteiger partial charge < -0.3 is 10.1 Å². The quantitative estimate of drug-likeness (QED) is 0.426. The number of ether oxygens (including phenoxy) is 1. The summed E-state index contributed by atoms with van der Waals surface area (Å²) < 4.78 is 6.60. The van der Waals surface area contributed by atoms with Crippen LogP contribution in [0.3, 0.4) is 0 Å². The molecule has 0 aliphatic heterocycles. The Hall–Kier alpha value is -2.95. The zero-order valence-corrected chi connectivity index (χ0v) is 16.1. The van der Waals surface area contributed by atoms with Crippen molar-refractivity contribution < 1.29 is 14.3 Å². The van der Waals surface area contributed by atoms with Crippen molar-refractivity contribution in [3.8, 4) is 0 Å². The molecule has 0 fully saturated rings. The Bertz CT molecular complexity index is 1140. The number of carbonyl (C=O) groups is 2. The predicted molar refractivity (Wildman–Crippen MR) is 108 cm³/mol. The van der Waals surface area contributed by atoms with Crippen LogP contribution in [-0.4, -0.2) is 28.3 Å².